The number of benzene rings is 1. The molecule has 1 aromatic rings. The Hall–Kier alpha value is -1.24. The van der Waals surface area contributed by atoms with Crippen molar-refractivity contribution >= 4 is 17.7 Å². The van der Waals surface area contributed by atoms with E-state index in [1.54, 1.807) is 5.48 Å². The van der Waals surface area contributed by atoms with Gasteiger partial charge in [0.1, 0.15) is 11.9 Å². The van der Waals surface area contributed by atoms with Gasteiger partial charge in [-0.05, 0) is 30.7 Å². The lowest BCUT2D eigenvalue weighted by Crippen LogP contribution is -2.30. The summed E-state index contributed by atoms with van der Waals surface area (Å²) < 4.78 is 11.3. The van der Waals surface area contributed by atoms with Crippen LogP contribution in [-0.4, -0.2) is 35.7 Å². The molecule has 25 heavy (non-hydrogen) atoms. The molecule has 0 radical (unpaired) electrons. The fourth-order valence-corrected chi connectivity index (χ4v) is 3.89. The van der Waals surface area contributed by atoms with Crippen LogP contribution in [0.3, 0.4) is 0 Å². The maximum absolute atomic E-state index is 11.9. The van der Waals surface area contributed by atoms with E-state index in [1.807, 2.05) is 24.3 Å². The third-order valence-electron chi connectivity index (χ3n) is 4.30. The van der Waals surface area contributed by atoms with Crippen LogP contribution < -0.4 is 10.2 Å². The van der Waals surface area contributed by atoms with E-state index in [4.69, 9.17) is 14.7 Å². The van der Waals surface area contributed by atoms with Crippen LogP contribution in [0.5, 0.6) is 5.75 Å². The lowest BCUT2D eigenvalue weighted by molar-refractivity contribution is -0.128. The predicted molar refractivity (Wildman–Crippen MR) is 99.2 cm³/mol. The summed E-state index contributed by atoms with van der Waals surface area (Å²) in [5.74, 6) is 0.520. The molecule has 0 spiro atoms. The number of rotatable bonds is 10. The largest absolute Gasteiger partial charge is 0.490 e. The smallest absolute Gasteiger partial charge is 0.256 e. The second kappa shape index (κ2) is 11.4. The second-order valence-electron chi connectivity index (χ2n) is 6.33. The molecule has 1 aliphatic heterocycles. The third kappa shape index (κ3) is 7.26. The third-order valence-corrected chi connectivity index (χ3v) is 5.57. The van der Waals surface area contributed by atoms with E-state index in [9.17, 15) is 4.79 Å². The van der Waals surface area contributed by atoms with E-state index in [-0.39, 0.29) is 17.3 Å². The van der Waals surface area contributed by atoms with E-state index in [0.717, 1.165) is 56.0 Å². The van der Waals surface area contributed by atoms with Gasteiger partial charge in [-0.1, -0.05) is 32.6 Å². The molecule has 2 N–H and O–H groups in total. The standard InChI is InChI=1S/C19H29NO4S/c1-2-3-4-5-6-18(19(21)20-22)25-17-9-7-15(8-10-17)24-16-11-13-23-14-12-16/h7-10,16,18,22H,2-6,11-14H2,1H3,(H,20,21). The van der Waals surface area contributed by atoms with E-state index >= 15 is 0 Å². The lowest BCUT2D eigenvalue weighted by Gasteiger charge is -2.23. The summed E-state index contributed by atoms with van der Waals surface area (Å²) in [6.45, 7) is 3.68. The molecule has 1 aliphatic rings. The Balaban J connectivity index is 1.86. The van der Waals surface area contributed by atoms with Gasteiger partial charge >= 0.3 is 0 Å². The topological polar surface area (TPSA) is 67.8 Å². The van der Waals surface area contributed by atoms with Crippen molar-refractivity contribution in [3.8, 4) is 5.75 Å². The molecule has 0 aromatic heterocycles. The van der Waals surface area contributed by atoms with Gasteiger partial charge in [-0.15, -0.1) is 11.8 Å². The maximum Gasteiger partial charge on any atom is 0.256 e. The Labute approximate surface area is 154 Å². The molecule has 1 aromatic carbocycles. The van der Waals surface area contributed by atoms with E-state index in [0.29, 0.717) is 0 Å². The molecule has 0 bridgehead atoms. The summed E-state index contributed by atoms with van der Waals surface area (Å²) >= 11 is 1.49. The molecule has 1 heterocycles. The van der Waals surface area contributed by atoms with Gasteiger partial charge < -0.3 is 9.47 Å². The Morgan fingerprint density at radius 2 is 2.00 bits per heavy atom. The van der Waals surface area contributed by atoms with Crippen molar-refractivity contribution in [2.24, 2.45) is 0 Å². The van der Waals surface area contributed by atoms with Gasteiger partial charge in [0.2, 0.25) is 0 Å². The highest BCUT2D eigenvalue weighted by molar-refractivity contribution is 8.00. The first-order chi connectivity index (χ1) is 12.2. The summed E-state index contributed by atoms with van der Waals surface area (Å²) in [5.41, 5.74) is 1.80. The number of nitrogens with one attached hydrogen (secondary N) is 1. The predicted octanol–water partition coefficient (Wildman–Crippen LogP) is 4.18. The highest BCUT2D eigenvalue weighted by Gasteiger charge is 2.19. The normalized spacial score (nSPS) is 16.4. The highest BCUT2D eigenvalue weighted by Crippen LogP contribution is 2.29. The Bertz CT molecular complexity index is 503. The molecule has 1 saturated heterocycles. The number of hydrogen-bond acceptors (Lipinski definition) is 5. The van der Waals surface area contributed by atoms with Gasteiger partial charge in [-0.2, -0.15) is 0 Å². The summed E-state index contributed by atoms with van der Waals surface area (Å²) in [6.07, 6.45) is 7.28. The maximum atomic E-state index is 11.9. The molecule has 5 nitrogen and oxygen atoms in total. The van der Waals surface area contributed by atoms with Gasteiger partial charge in [-0.25, -0.2) is 5.48 Å². The van der Waals surface area contributed by atoms with Crippen molar-refractivity contribution in [3.63, 3.8) is 0 Å². The average molecular weight is 368 g/mol. The Morgan fingerprint density at radius 3 is 2.64 bits per heavy atom. The molecule has 140 valence electrons. The SMILES string of the molecule is CCCCCCC(Sc1ccc(OC2CCOCC2)cc1)C(=O)NO. The number of unbranched alkanes of at least 4 members (excludes halogenated alkanes) is 3. The number of thioether (sulfide) groups is 1. The zero-order valence-corrected chi connectivity index (χ0v) is 15.7. The first-order valence-electron chi connectivity index (χ1n) is 9.18. The van der Waals surface area contributed by atoms with Crippen LogP contribution in [0.1, 0.15) is 51.9 Å². The summed E-state index contributed by atoms with van der Waals surface area (Å²) in [5, 5.41) is 8.70. The number of amides is 1. The zero-order valence-electron chi connectivity index (χ0n) is 14.9. The Morgan fingerprint density at radius 1 is 1.28 bits per heavy atom. The van der Waals surface area contributed by atoms with Crippen molar-refractivity contribution < 1.29 is 19.5 Å². The molecule has 1 fully saturated rings. The van der Waals surface area contributed by atoms with Gasteiger partial charge in [0.15, 0.2) is 0 Å². The first kappa shape index (κ1) is 20.1. The van der Waals surface area contributed by atoms with Gasteiger partial charge in [0.05, 0.1) is 18.5 Å². The molecule has 2 rings (SSSR count). The van der Waals surface area contributed by atoms with Gasteiger partial charge in [0.25, 0.3) is 5.91 Å². The van der Waals surface area contributed by atoms with Crippen LogP contribution in [-0.2, 0) is 9.53 Å². The van der Waals surface area contributed by atoms with Crippen LogP contribution in [0, 0.1) is 0 Å². The minimum Gasteiger partial charge on any atom is -0.490 e. The van der Waals surface area contributed by atoms with Crippen molar-refractivity contribution in [3.05, 3.63) is 24.3 Å². The van der Waals surface area contributed by atoms with Crippen LogP contribution in [0.15, 0.2) is 29.2 Å². The fourth-order valence-electron chi connectivity index (χ4n) is 2.82. The van der Waals surface area contributed by atoms with E-state index in [1.165, 1.54) is 24.6 Å². The molecule has 1 amide bonds. The molecular formula is C19H29NO4S. The quantitative estimate of drug-likeness (QED) is 0.281. The molecule has 6 heteroatoms. The fraction of sp³-hybridized carbons (Fsp3) is 0.632. The van der Waals surface area contributed by atoms with E-state index < -0.39 is 0 Å². The van der Waals surface area contributed by atoms with Crippen LogP contribution in [0.2, 0.25) is 0 Å². The van der Waals surface area contributed by atoms with Gasteiger partial charge in [-0.3, -0.25) is 10.0 Å². The minimum absolute atomic E-state index is 0.221. The van der Waals surface area contributed by atoms with Gasteiger partial charge in [0, 0.05) is 17.7 Å². The second-order valence-corrected chi connectivity index (χ2v) is 7.61. The minimum atomic E-state index is -0.330. The summed E-state index contributed by atoms with van der Waals surface area (Å²) in [7, 11) is 0. The summed E-state index contributed by atoms with van der Waals surface area (Å²) in [6, 6.07) is 7.84. The zero-order chi connectivity index (χ0) is 17.9. The van der Waals surface area contributed by atoms with Crippen molar-refractivity contribution in [2.75, 3.05) is 13.2 Å². The molecular weight excluding hydrogens is 338 g/mol. The highest BCUT2D eigenvalue weighted by atomic mass is 32.2. The number of hydrogen-bond donors (Lipinski definition) is 2. The van der Waals surface area contributed by atoms with Crippen molar-refractivity contribution in [2.45, 2.75) is 68.1 Å². The summed E-state index contributed by atoms with van der Waals surface area (Å²) in [4.78, 5) is 12.9. The Kier molecular flexibility index (Phi) is 9.15. The number of carbonyl (C=O) groups excluding carboxylic acids is 1. The molecule has 1 atom stereocenters. The number of carbonyl (C=O) groups is 1. The van der Waals surface area contributed by atoms with Crippen molar-refractivity contribution in [1.82, 2.24) is 5.48 Å². The first-order valence-corrected chi connectivity index (χ1v) is 10.1. The van der Waals surface area contributed by atoms with Crippen LogP contribution >= 0.6 is 11.8 Å². The molecule has 0 aliphatic carbocycles. The number of ether oxygens (including phenoxy) is 2. The van der Waals surface area contributed by atoms with Crippen LogP contribution in [0.4, 0.5) is 0 Å². The van der Waals surface area contributed by atoms with Crippen LogP contribution in [0.25, 0.3) is 0 Å². The monoisotopic (exact) mass is 367 g/mol. The van der Waals surface area contributed by atoms with Crippen molar-refractivity contribution in [1.29, 1.82) is 0 Å². The van der Waals surface area contributed by atoms with E-state index in [2.05, 4.69) is 6.92 Å². The number of hydroxylamine groups is 1. The molecule has 1 unspecified atom stereocenters. The average Bonchev–Trinajstić information content (AvgIpc) is 2.66. The lowest BCUT2D eigenvalue weighted by atomic mass is 10.1. The molecule has 0 saturated carbocycles.